The molecule has 0 bridgehead atoms. The number of thioether (sulfide) groups is 1. The van der Waals surface area contributed by atoms with Crippen molar-refractivity contribution in [2.45, 2.75) is 70.4 Å². The summed E-state index contributed by atoms with van der Waals surface area (Å²) in [6.07, 6.45) is 12.2. The van der Waals surface area contributed by atoms with Crippen molar-refractivity contribution in [1.82, 2.24) is 9.98 Å². The van der Waals surface area contributed by atoms with E-state index in [0.29, 0.717) is 11.3 Å². The van der Waals surface area contributed by atoms with Crippen molar-refractivity contribution in [3.8, 4) is 5.75 Å². The van der Waals surface area contributed by atoms with Crippen LogP contribution in [0.1, 0.15) is 69.8 Å². The number of hydrogen-bond donors (Lipinski definition) is 3. The Balaban J connectivity index is 1.30. The molecule has 3 rings (SSSR count). The summed E-state index contributed by atoms with van der Waals surface area (Å²) in [5.41, 5.74) is 0.946. The van der Waals surface area contributed by atoms with E-state index in [0.717, 1.165) is 59.7 Å². The fraction of sp³-hybridized carbons (Fsp3) is 0.444. The number of nitrogens with one attached hydrogen (secondary N) is 1. The molecule has 0 radical (unpaired) electrons. The highest BCUT2D eigenvalue weighted by Crippen LogP contribution is 2.30. The second kappa shape index (κ2) is 13.9. The molecule has 2 aromatic carbocycles. The van der Waals surface area contributed by atoms with Gasteiger partial charge >= 0.3 is 5.90 Å². The molecule has 0 spiro atoms. The highest BCUT2D eigenvalue weighted by molar-refractivity contribution is 8.17. The maximum atomic E-state index is 11.4. The number of fused-ring (bicyclic) bond motifs is 1. The van der Waals surface area contributed by atoms with E-state index >= 15 is 0 Å². The quantitative estimate of drug-likeness (QED) is 0.133. The van der Waals surface area contributed by atoms with Crippen LogP contribution >= 0.6 is 11.8 Å². The molecule has 7 heteroatoms. The highest BCUT2D eigenvalue weighted by Gasteiger charge is 2.25. The Hall–Kier alpha value is -2.73. The van der Waals surface area contributed by atoms with Crippen LogP contribution in [0.25, 0.3) is 16.8 Å². The van der Waals surface area contributed by atoms with Crippen LogP contribution in [0.4, 0.5) is 4.79 Å². The zero-order chi connectivity index (χ0) is 24.2. The summed E-state index contributed by atoms with van der Waals surface area (Å²) < 4.78 is 9.47. The molecule has 0 aliphatic carbocycles. The number of benzene rings is 2. The topological polar surface area (TPSA) is 92.9 Å². The number of rotatable bonds is 14. The van der Waals surface area contributed by atoms with Crippen molar-refractivity contribution in [1.29, 1.82) is 0 Å². The van der Waals surface area contributed by atoms with Crippen LogP contribution in [0.2, 0.25) is 0 Å². The SMILES string of the molecule is C=[N+]=C(O)CCCCCCCCCCCOc1ccc2cc(/C=C3\SC(=O)NC3O)ccc2c1. The number of amides is 1. The summed E-state index contributed by atoms with van der Waals surface area (Å²) in [7, 11) is 0. The molecule has 1 aliphatic rings. The average Bonchev–Trinajstić information content (AvgIpc) is 3.15. The molecule has 1 amide bonds. The summed E-state index contributed by atoms with van der Waals surface area (Å²) in [4.78, 5) is 12.0. The standard InChI is InChI=1S/C27H34N2O4S/c1-28-25(30)11-9-7-5-3-2-4-6-8-10-16-33-23-15-14-21-17-20(12-13-22(21)19-23)18-24-26(31)29-27(32)34-24/h12-15,17-19,26,31H,1-11,16H2,(H,29,32)/p+1/b24-18-. The summed E-state index contributed by atoms with van der Waals surface area (Å²) >= 11 is 1.03. The molecule has 1 heterocycles. The van der Waals surface area contributed by atoms with Gasteiger partial charge in [0.1, 0.15) is 5.75 Å². The summed E-state index contributed by atoms with van der Waals surface area (Å²) in [5, 5.41) is 23.5. The van der Waals surface area contributed by atoms with Crippen molar-refractivity contribution in [3.05, 3.63) is 46.9 Å². The molecule has 3 N–H and O–H groups in total. The normalized spacial score (nSPS) is 16.6. The van der Waals surface area contributed by atoms with Gasteiger partial charge in [-0.1, -0.05) is 67.8 Å². The van der Waals surface area contributed by atoms with Crippen LogP contribution < -0.4 is 14.7 Å². The first-order chi connectivity index (χ1) is 16.5. The molecule has 1 aliphatic heterocycles. The van der Waals surface area contributed by atoms with Gasteiger partial charge in [-0.05, 0) is 65.2 Å². The Morgan fingerprint density at radius 3 is 2.32 bits per heavy atom. The minimum Gasteiger partial charge on any atom is -0.494 e. The number of carbonyl (C=O) groups is 1. The van der Waals surface area contributed by atoms with Gasteiger partial charge in [0.15, 0.2) is 6.23 Å². The largest absolute Gasteiger partial charge is 0.494 e. The Labute approximate surface area is 205 Å². The fourth-order valence-electron chi connectivity index (χ4n) is 3.96. The van der Waals surface area contributed by atoms with E-state index in [-0.39, 0.29) is 11.1 Å². The monoisotopic (exact) mass is 483 g/mol. The van der Waals surface area contributed by atoms with Gasteiger partial charge in [0, 0.05) is 4.91 Å². The second-order valence-electron chi connectivity index (χ2n) is 8.61. The summed E-state index contributed by atoms with van der Waals surface area (Å²) in [5.74, 6) is 1.04. The van der Waals surface area contributed by atoms with E-state index < -0.39 is 6.23 Å². The van der Waals surface area contributed by atoms with Crippen molar-refractivity contribution in [3.63, 3.8) is 0 Å². The summed E-state index contributed by atoms with van der Waals surface area (Å²) in [6, 6.07) is 12.2. The second-order valence-corrected chi connectivity index (χ2v) is 9.65. The van der Waals surface area contributed by atoms with E-state index in [4.69, 9.17) is 4.74 Å². The third-order valence-electron chi connectivity index (χ3n) is 5.88. The van der Waals surface area contributed by atoms with Crippen LogP contribution in [0.3, 0.4) is 0 Å². The molecule has 1 fully saturated rings. The van der Waals surface area contributed by atoms with E-state index in [1.54, 1.807) is 0 Å². The summed E-state index contributed by atoms with van der Waals surface area (Å²) in [6.45, 7) is 4.04. The predicted molar refractivity (Wildman–Crippen MR) is 143 cm³/mol. The van der Waals surface area contributed by atoms with Gasteiger partial charge in [-0.2, -0.15) is 0 Å². The highest BCUT2D eigenvalue weighted by atomic mass is 32.2. The Morgan fingerprint density at radius 1 is 1.00 bits per heavy atom. The molecule has 0 aromatic heterocycles. The maximum absolute atomic E-state index is 11.4. The zero-order valence-corrected chi connectivity index (χ0v) is 20.5. The van der Waals surface area contributed by atoms with E-state index in [1.165, 1.54) is 38.5 Å². The predicted octanol–water partition coefficient (Wildman–Crippen LogP) is 5.96. The van der Waals surface area contributed by atoms with Crippen molar-refractivity contribution in [2.75, 3.05) is 6.61 Å². The lowest BCUT2D eigenvalue weighted by molar-refractivity contribution is 0.192. The molecule has 34 heavy (non-hydrogen) atoms. The maximum Gasteiger partial charge on any atom is 0.458 e. The molecule has 0 saturated carbocycles. The van der Waals surface area contributed by atoms with Crippen LogP contribution in [-0.4, -0.2) is 40.9 Å². The smallest absolute Gasteiger partial charge is 0.458 e. The number of hydrogen-bond acceptors (Lipinski definition) is 4. The molecule has 1 atom stereocenters. The van der Waals surface area contributed by atoms with Gasteiger partial charge in [-0.3, -0.25) is 4.79 Å². The molecule has 1 unspecified atom stereocenters. The fourth-order valence-corrected chi connectivity index (χ4v) is 4.71. The third kappa shape index (κ3) is 8.56. The van der Waals surface area contributed by atoms with Gasteiger partial charge in [-0.25, -0.2) is 0 Å². The molecular weight excluding hydrogens is 448 g/mol. The van der Waals surface area contributed by atoms with Gasteiger partial charge in [0.25, 0.3) is 12.0 Å². The molecule has 2 aromatic rings. The Bertz CT molecular complexity index is 1050. The first kappa shape index (κ1) is 25.9. The van der Waals surface area contributed by atoms with Gasteiger partial charge in [0.05, 0.1) is 13.0 Å². The Kier molecular flexibility index (Phi) is 10.5. The number of nitrogens with zero attached hydrogens (tertiary/aromatic N) is 1. The van der Waals surface area contributed by atoms with Crippen LogP contribution in [-0.2, 0) is 0 Å². The van der Waals surface area contributed by atoms with Gasteiger partial charge < -0.3 is 20.3 Å². The average molecular weight is 484 g/mol. The number of ether oxygens (including phenoxy) is 1. The minimum atomic E-state index is -0.922. The molecule has 1 saturated heterocycles. The van der Waals surface area contributed by atoms with Crippen molar-refractivity contribution < 1.29 is 19.7 Å². The first-order valence-corrected chi connectivity index (χ1v) is 12.9. The lowest BCUT2D eigenvalue weighted by Gasteiger charge is -2.08. The van der Waals surface area contributed by atoms with Gasteiger partial charge in [0.2, 0.25) is 0 Å². The van der Waals surface area contributed by atoms with E-state index in [1.807, 2.05) is 36.4 Å². The number of carbonyl (C=O) groups excluding carboxylic acids is 1. The van der Waals surface area contributed by atoms with E-state index in [9.17, 15) is 15.0 Å². The van der Waals surface area contributed by atoms with Gasteiger partial charge in [-0.15, -0.1) is 0 Å². The van der Waals surface area contributed by atoms with Crippen LogP contribution in [0, 0.1) is 0 Å². The van der Waals surface area contributed by atoms with E-state index in [2.05, 4.69) is 22.8 Å². The minimum absolute atomic E-state index is 0.158. The first-order valence-electron chi connectivity index (χ1n) is 12.1. The Morgan fingerprint density at radius 2 is 1.65 bits per heavy atom. The molecule has 182 valence electrons. The lowest BCUT2D eigenvalue weighted by Crippen LogP contribution is -2.24. The third-order valence-corrected chi connectivity index (χ3v) is 6.76. The lowest BCUT2D eigenvalue weighted by atomic mass is 10.1. The van der Waals surface area contributed by atoms with Crippen LogP contribution in [0.15, 0.2) is 41.3 Å². The molecule has 6 nitrogen and oxygen atoms in total. The van der Waals surface area contributed by atoms with Crippen molar-refractivity contribution >= 4 is 46.5 Å². The number of unbranched alkanes of at least 4 members (excludes halogenated alkanes) is 8. The molecular formula is C27H35N2O4S+. The number of aliphatic hydroxyl groups is 2. The zero-order valence-electron chi connectivity index (χ0n) is 19.7. The van der Waals surface area contributed by atoms with Crippen LogP contribution in [0.5, 0.6) is 5.75 Å². The number of aliphatic hydroxyl groups excluding tert-OH is 2. The van der Waals surface area contributed by atoms with Crippen molar-refractivity contribution in [2.24, 2.45) is 0 Å².